The number of carboxylic acids is 1. The van der Waals surface area contributed by atoms with Gasteiger partial charge in [-0.1, -0.05) is 0 Å². The molecule has 1 saturated carbocycles. The van der Waals surface area contributed by atoms with Crippen molar-refractivity contribution in [3.63, 3.8) is 0 Å². The fourth-order valence-electron chi connectivity index (χ4n) is 1.53. The molecule has 0 saturated heterocycles. The summed E-state index contributed by atoms with van der Waals surface area (Å²) < 4.78 is 0. The molecule has 0 radical (unpaired) electrons. The van der Waals surface area contributed by atoms with E-state index in [9.17, 15) is 4.79 Å². The standard InChI is InChI=1S/C10H14N2O2/c13-9(14)10(2-3-10)7-12-6-8-1-4-11-5-8/h1,4-5,11-12H,2-3,6-7H2,(H,13,14). The van der Waals surface area contributed by atoms with Gasteiger partial charge in [-0.05, 0) is 24.5 Å². The molecule has 4 heteroatoms. The van der Waals surface area contributed by atoms with Crippen LogP contribution in [0.4, 0.5) is 0 Å². The molecule has 0 spiro atoms. The van der Waals surface area contributed by atoms with E-state index in [1.807, 2.05) is 18.5 Å². The van der Waals surface area contributed by atoms with Gasteiger partial charge < -0.3 is 15.4 Å². The molecule has 0 unspecified atom stereocenters. The second-order valence-corrected chi connectivity index (χ2v) is 3.91. The number of carboxylic acid groups (broad SMARTS) is 1. The number of aliphatic carboxylic acids is 1. The van der Waals surface area contributed by atoms with Crippen LogP contribution in [0.1, 0.15) is 18.4 Å². The minimum absolute atomic E-state index is 0.462. The van der Waals surface area contributed by atoms with Crippen LogP contribution in [0.2, 0.25) is 0 Å². The van der Waals surface area contributed by atoms with Gasteiger partial charge >= 0.3 is 5.97 Å². The van der Waals surface area contributed by atoms with Gasteiger partial charge in [0.15, 0.2) is 0 Å². The maximum Gasteiger partial charge on any atom is 0.310 e. The Bertz CT molecular complexity index is 315. The van der Waals surface area contributed by atoms with Crippen LogP contribution >= 0.6 is 0 Å². The maximum absolute atomic E-state index is 10.8. The topological polar surface area (TPSA) is 65.1 Å². The summed E-state index contributed by atoms with van der Waals surface area (Å²) in [5, 5.41) is 12.1. The molecule has 0 aliphatic heterocycles. The van der Waals surface area contributed by atoms with Gasteiger partial charge in [0.05, 0.1) is 5.41 Å². The number of rotatable bonds is 5. The fraction of sp³-hybridized carbons (Fsp3) is 0.500. The Hall–Kier alpha value is -1.29. The van der Waals surface area contributed by atoms with Crippen molar-refractivity contribution >= 4 is 5.97 Å². The fourth-order valence-corrected chi connectivity index (χ4v) is 1.53. The summed E-state index contributed by atoms with van der Waals surface area (Å²) in [5.74, 6) is -0.668. The summed E-state index contributed by atoms with van der Waals surface area (Å²) in [5.41, 5.74) is 0.697. The third kappa shape index (κ3) is 1.80. The highest BCUT2D eigenvalue weighted by Crippen LogP contribution is 2.45. The molecule has 1 aromatic rings. The minimum Gasteiger partial charge on any atom is -0.481 e. The highest BCUT2D eigenvalue weighted by molar-refractivity contribution is 5.78. The molecule has 0 amide bonds. The van der Waals surface area contributed by atoms with Gasteiger partial charge in [-0.15, -0.1) is 0 Å². The van der Waals surface area contributed by atoms with Crippen molar-refractivity contribution in [3.8, 4) is 0 Å². The van der Waals surface area contributed by atoms with E-state index >= 15 is 0 Å². The molecule has 1 fully saturated rings. The van der Waals surface area contributed by atoms with Crippen molar-refractivity contribution in [2.24, 2.45) is 5.41 Å². The SMILES string of the molecule is O=C(O)C1(CNCc2cc[nH]c2)CC1. The predicted octanol–water partition coefficient (Wildman–Crippen LogP) is 0.969. The number of hydrogen-bond donors (Lipinski definition) is 3. The first-order chi connectivity index (χ1) is 6.73. The van der Waals surface area contributed by atoms with Gasteiger partial charge in [0.2, 0.25) is 0 Å². The van der Waals surface area contributed by atoms with E-state index in [2.05, 4.69) is 10.3 Å². The van der Waals surface area contributed by atoms with Gasteiger partial charge in [-0.3, -0.25) is 4.79 Å². The average Bonchev–Trinajstić information content (AvgIpc) is 2.76. The van der Waals surface area contributed by atoms with E-state index in [0.29, 0.717) is 6.54 Å². The van der Waals surface area contributed by atoms with Crippen LogP contribution in [0.5, 0.6) is 0 Å². The van der Waals surface area contributed by atoms with Gasteiger partial charge in [0.25, 0.3) is 0 Å². The summed E-state index contributed by atoms with van der Waals surface area (Å²) in [7, 11) is 0. The molecule has 1 aromatic heterocycles. The summed E-state index contributed by atoms with van der Waals surface area (Å²) in [6, 6.07) is 1.98. The number of carbonyl (C=O) groups is 1. The van der Waals surface area contributed by atoms with Crippen LogP contribution in [0.3, 0.4) is 0 Å². The minimum atomic E-state index is -0.668. The summed E-state index contributed by atoms with van der Waals surface area (Å²) in [6.45, 7) is 1.31. The number of aromatic amines is 1. The molecule has 1 aliphatic rings. The Morgan fingerprint density at radius 1 is 1.64 bits per heavy atom. The van der Waals surface area contributed by atoms with Crippen molar-refractivity contribution in [2.75, 3.05) is 6.54 Å². The number of hydrogen-bond acceptors (Lipinski definition) is 2. The Labute approximate surface area is 82.3 Å². The molecular formula is C10H14N2O2. The lowest BCUT2D eigenvalue weighted by Crippen LogP contribution is -2.29. The first-order valence-corrected chi connectivity index (χ1v) is 4.79. The molecule has 1 aliphatic carbocycles. The Morgan fingerprint density at radius 2 is 2.43 bits per heavy atom. The molecule has 76 valence electrons. The van der Waals surface area contributed by atoms with Crippen LogP contribution in [0.25, 0.3) is 0 Å². The summed E-state index contributed by atoms with van der Waals surface area (Å²) in [4.78, 5) is 13.8. The second-order valence-electron chi connectivity index (χ2n) is 3.91. The monoisotopic (exact) mass is 194 g/mol. The van der Waals surface area contributed by atoms with E-state index in [-0.39, 0.29) is 0 Å². The molecule has 3 N–H and O–H groups in total. The zero-order valence-corrected chi connectivity index (χ0v) is 7.92. The van der Waals surface area contributed by atoms with Crippen molar-refractivity contribution < 1.29 is 9.90 Å². The first-order valence-electron chi connectivity index (χ1n) is 4.79. The van der Waals surface area contributed by atoms with Crippen LogP contribution in [0, 0.1) is 5.41 Å². The van der Waals surface area contributed by atoms with Crippen LogP contribution < -0.4 is 5.32 Å². The Morgan fingerprint density at radius 3 is 2.93 bits per heavy atom. The quantitative estimate of drug-likeness (QED) is 0.654. The van der Waals surface area contributed by atoms with Crippen molar-refractivity contribution in [1.29, 1.82) is 0 Å². The van der Waals surface area contributed by atoms with Crippen LogP contribution in [-0.4, -0.2) is 22.6 Å². The first kappa shape index (κ1) is 9.27. The van der Waals surface area contributed by atoms with Gasteiger partial charge in [-0.2, -0.15) is 0 Å². The lowest BCUT2D eigenvalue weighted by molar-refractivity contribution is -0.143. The van der Waals surface area contributed by atoms with E-state index < -0.39 is 11.4 Å². The zero-order valence-electron chi connectivity index (χ0n) is 7.92. The van der Waals surface area contributed by atoms with E-state index in [1.54, 1.807) is 0 Å². The third-order valence-corrected chi connectivity index (χ3v) is 2.76. The van der Waals surface area contributed by atoms with Crippen molar-refractivity contribution in [2.45, 2.75) is 19.4 Å². The highest BCUT2D eigenvalue weighted by atomic mass is 16.4. The Kier molecular flexibility index (Phi) is 2.29. The lowest BCUT2D eigenvalue weighted by atomic mass is 10.1. The van der Waals surface area contributed by atoms with E-state index in [0.717, 1.165) is 24.9 Å². The number of aromatic nitrogens is 1. The smallest absolute Gasteiger partial charge is 0.310 e. The van der Waals surface area contributed by atoms with E-state index in [1.165, 1.54) is 0 Å². The number of H-pyrrole nitrogens is 1. The lowest BCUT2D eigenvalue weighted by Gasteiger charge is -2.09. The number of nitrogens with one attached hydrogen (secondary N) is 2. The molecule has 1 heterocycles. The molecule has 2 rings (SSSR count). The van der Waals surface area contributed by atoms with Gasteiger partial charge in [0.1, 0.15) is 0 Å². The molecule has 0 bridgehead atoms. The molecule has 0 aromatic carbocycles. The van der Waals surface area contributed by atoms with Gasteiger partial charge in [-0.25, -0.2) is 0 Å². The third-order valence-electron chi connectivity index (χ3n) is 2.76. The predicted molar refractivity (Wildman–Crippen MR) is 51.8 cm³/mol. The average molecular weight is 194 g/mol. The normalized spacial score (nSPS) is 18.0. The summed E-state index contributed by atoms with van der Waals surface area (Å²) in [6.07, 6.45) is 5.39. The van der Waals surface area contributed by atoms with Crippen molar-refractivity contribution in [3.05, 3.63) is 24.0 Å². The molecule has 14 heavy (non-hydrogen) atoms. The zero-order chi connectivity index (χ0) is 10.0. The Balaban J connectivity index is 1.76. The van der Waals surface area contributed by atoms with Crippen LogP contribution in [0.15, 0.2) is 18.5 Å². The highest BCUT2D eigenvalue weighted by Gasteiger charge is 2.49. The summed E-state index contributed by atoms with van der Waals surface area (Å²) >= 11 is 0. The second kappa shape index (κ2) is 3.46. The molecular weight excluding hydrogens is 180 g/mol. The van der Waals surface area contributed by atoms with Crippen LogP contribution in [-0.2, 0) is 11.3 Å². The van der Waals surface area contributed by atoms with Crippen molar-refractivity contribution in [1.82, 2.24) is 10.3 Å². The largest absolute Gasteiger partial charge is 0.481 e. The molecule has 0 atom stereocenters. The maximum atomic E-state index is 10.8. The molecule has 4 nitrogen and oxygen atoms in total. The van der Waals surface area contributed by atoms with E-state index in [4.69, 9.17) is 5.11 Å². The van der Waals surface area contributed by atoms with Gasteiger partial charge in [0, 0.05) is 25.5 Å².